The Kier molecular flexibility index (Phi) is 15.5. The number of imide groups is 1. The van der Waals surface area contributed by atoms with Gasteiger partial charge < -0.3 is 38.1 Å². The van der Waals surface area contributed by atoms with E-state index in [4.69, 9.17) is 44.0 Å². The molecule has 3 aromatic carbocycles. The summed E-state index contributed by atoms with van der Waals surface area (Å²) in [6.45, 7) is 10.3. The number of benzene rings is 3. The maximum Gasteiger partial charge on any atom is 0.261 e. The third kappa shape index (κ3) is 10.6. The molecule has 2 aliphatic rings. The minimum absolute atomic E-state index is 0.0276. The van der Waals surface area contributed by atoms with Crippen LogP contribution in [0.1, 0.15) is 46.2 Å². The van der Waals surface area contributed by atoms with Crippen molar-refractivity contribution in [2.75, 3.05) is 111 Å². The number of nitrogens with zero attached hydrogens (tertiary/aromatic N) is 4. The van der Waals surface area contributed by atoms with Crippen LogP contribution in [0.5, 0.6) is 5.75 Å². The number of ether oxygens (including phenoxy) is 7. The Morgan fingerprint density at radius 3 is 2.28 bits per heavy atom. The second kappa shape index (κ2) is 20.5. The number of hydrogen-bond donors (Lipinski definition) is 1. The number of amides is 2. The molecule has 2 unspecified atom stereocenters. The fourth-order valence-electron chi connectivity index (χ4n) is 6.32. The monoisotopic (exact) mass is 735 g/mol. The van der Waals surface area contributed by atoms with Crippen molar-refractivity contribution in [1.29, 1.82) is 0 Å². The van der Waals surface area contributed by atoms with Crippen molar-refractivity contribution in [2.24, 2.45) is 10.8 Å². The van der Waals surface area contributed by atoms with Gasteiger partial charge in [0.05, 0.1) is 89.6 Å². The Labute approximate surface area is 311 Å². The Bertz CT molecular complexity index is 1660. The van der Waals surface area contributed by atoms with E-state index in [2.05, 4.69) is 4.90 Å². The summed E-state index contributed by atoms with van der Waals surface area (Å²) in [6, 6.07) is 14.5. The minimum atomic E-state index is -0.477. The fourth-order valence-corrected chi connectivity index (χ4v) is 6.32. The molecule has 5 rings (SSSR count). The van der Waals surface area contributed by atoms with Gasteiger partial charge in [-0.2, -0.15) is 0 Å². The Hall–Kier alpha value is -3.99. The molecule has 2 heterocycles. The number of aliphatic imine (C=N–C) groups is 1. The molecule has 2 aliphatic heterocycles. The summed E-state index contributed by atoms with van der Waals surface area (Å²) in [6.07, 6.45) is 1.73. The zero-order valence-electron chi connectivity index (χ0n) is 31.3. The van der Waals surface area contributed by atoms with E-state index in [1.807, 2.05) is 43.3 Å². The van der Waals surface area contributed by atoms with Gasteiger partial charge in [0.25, 0.3) is 11.8 Å². The summed E-state index contributed by atoms with van der Waals surface area (Å²) in [4.78, 5) is 34.7. The van der Waals surface area contributed by atoms with Gasteiger partial charge >= 0.3 is 0 Å². The standard InChI is InChI=1S/C39H53N5O9/c1-5-44-38(45)32-8-6-7-31-30(10-11-33(37(31)32)39(44)46)35(42(3)40)26-41-29-9-12-34(36(25-29)53-23-17-47-4)43-13-15-48-18-19-50-22-24-52-28(2)27-51-21-20-49-16-14-43/h6-12,25-26,28,35H,5,13-24,27,40H2,1-4H3. The lowest BCUT2D eigenvalue weighted by Crippen LogP contribution is -2.40. The van der Waals surface area contributed by atoms with Gasteiger partial charge in [0.1, 0.15) is 12.4 Å². The van der Waals surface area contributed by atoms with E-state index in [1.165, 1.54) is 4.90 Å². The molecule has 0 spiro atoms. The lowest BCUT2D eigenvalue weighted by Gasteiger charge is -2.28. The lowest BCUT2D eigenvalue weighted by atomic mass is 9.89. The molecule has 0 aliphatic carbocycles. The molecule has 14 heteroatoms. The lowest BCUT2D eigenvalue weighted by molar-refractivity contribution is -0.0448. The van der Waals surface area contributed by atoms with Gasteiger partial charge in [-0.1, -0.05) is 18.2 Å². The normalized spacial score (nSPS) is 19.5. The number of anilines is 1. The number of rotatable bonds is 10. The SMILES string of the molecule is CCN1C(=O)c2cccc3c(C(C=Nc4ccc(N5CCOCCOCCOC(C)COCCOCC5)c(OCCOC)c4)N(C)N)ccc(c23)C1=O. The van der Waals surface area contributed by atoms with Crippen molar-refractivity contribution < 1.29 is 42.7 Å². The van der Waals surface area contributed by atoms with Crippen LogP contribution in [-0.2, 0) is 28.4 Å². The molecule has 2 N–H and O–H groups in total. The molecular formula is C39H53N5O9. The highest BCUT2D eigenvalue weighted by molar-refractivity contribution is 6.25. The van der Waals surface area contributed by atoms with Crippen LogP contribution in [0, 0.1) is 0 Å². The molecule has 2 amide bonds. The fraction of sp³-hybridized carbons (Fsp3) is 0.513. The molecule has 288 valence electrons. The highest BCUT2D eigenvalue weighted by Gasteiger charge is 2.33. The summed E-state index contributed by atoms with van der Waals surface area (Å²) in [5.41, 5.74) is 3.33. The second-order valence-corrected chi connectivity index (χ2v) is 12.7. The number of hydrazine groups is 1. The zero-order chi connectivity index (χ0) is 37.6. The maximum atomic E-state index is 13.2. The minimum Gasteiger partial charge on any atom is -0.489 e. The average Bonchev–Trinajstić information content (AvgIpc) is 3.15. The van der Waals surface area contributed by atoms with Crippen LogP contribution in [0.15, 0.2) is 53.5 Å². The van der Waals surface area contributed by atoms with Crippen molar-refractivity contribution >= 4 is 40.2 Å². The van der Waals surface area contributed by atoms with E-state index in [1.54, 1.807) is 44.4 Å². The largest absolute Gasteiger partial charge is 0.489 e. The Balaban J connectivity index is 1.39. The summed E-state index contributed by atoms with van der Waals surface area (Å²) in [7, 11) is 3.39. The highest BCUT2D eigenvalue weighted by Crippen LogP contribution is 2.36. The van der Waals surface area contributed by atoms with Crippen LogP contribution in [-0.4, -0.2) is 141 Å². The number of methoxy groups -OCH3 is 1. The quantitative estimate of drug-likeness (QED) is 0.106. The predicted octanol–water partition coefficient (Wildman–Crippen LogP) is 4.02. The van der Waals surface area contributed by atoms with Crippen LogP contribution in [0.4, 0.5) is 11.4 Å². The van der Waals surface area contributed by atoms with E-state index in [0.29, 0.717) is 120 Å². The molecular weight excluding hydrogens is 682 g/mol. The smallest absolute Gasteiger partial charge is 0.261 e. The highest BCUT2D eigenvalue weighted by atomic mass is 16.6. The van der Waals surface area contributed by atoms with Gasteiger partial charge in [0.2, 0.25) is 0 Å². The number of hydrogen-bond acceptors (Lipinski definition) is 13. The van der Waals surface area contributed by atoms with Crippen molar-refractivity contribution in [3.63, 3.8) is 0 Å². The van der Waals surface area contributed by atoms with E-state index in [-0.39, 0.29) is 17.9 Å². The third-order valence-corrected chi connectivity index (χ3v) is 9.03. The van der Waals surface area contributed by atoms with Crippen LogP contribution in [0.3, 0.4) is 0 Å². The molecule has 53 heavy (non-hydrogen) atoms. The van der Waals surface area contributed by atoms with Crippen molar-refractivity contribution in [1.82, 2.24) is 9.91 Å². The summed E-state index contributed by atoms with van der Waals surface area (Å²) < 4.78 is 40.4. The van der Waals surface area contributed by atoms with E-state index in [0.717, 1.165) is 16.6 Å². The second-order valence-electron chi connectivity index (χ2n) is 12.7. The van der Waals surface area contributed by atoms with Crippen molar-refractivity contribution in [2.45, 2.75) is 26.0 Å². The van der Waals surface area contributed by atoms with Crippen LogP contribution in [0.2, 0.25) is 0 Å². The molecule has 1 saturated heterocycles. The van der Waals surface area contributed by atoms with Gasteiger partial charge in [-0.25, -0.2) is 5.01 Å². The molecule has 0 saturated carbocycles. The average molecular weight is 736 g/mol. The van der Waals surface area contributed by atoms with Crippen molar-refractivity contribution in [3.8, 4) is 5.75 Å². The first kappa shape index (κ1) is 40.2. The number of nitrogens with two attached hydrogens (primary N) is 1. The first-order chi connectivity index (χ1) is 25.8. The maximum absolute atomic E-state index is 13.2. The molecule has 0 aromatic heterocycles. The van der Waals surface area contributed by atoms with Gasteiger partial charge in [0.15, 0.2) is 0 Å². The Morgan fingerprint density at radius 2 is 1.58 bits per heavy atom. The summed E-state index contributed by atoms with van der Waals surface area (Å²) in [5.74, 6) is 6.45. The predicted molar refractivity (Wildman–Crippen MR) is 203 cm³/mol. The van der Waals surface area contributed by atoms with Gasteiger partial charge in [0, 0.05) is 62.6 Å². The summed E-state index contributed by atoms with van der Waals surface area (Å²) in [5, 5.41) is 2.96. The van der Waals surface area contributed by atoms with E-state index < -0.39 is 6.04 Å². The first-order valence-corrected chi connectivity index (χ1v) is 18.2. The third-order valence-electron chi connectivity index (χ3n) is 9.03. The van der Waals surface area contributed by atoms with E-state index >= 15 is 0 Å². The van der Waals surface area contributed by atoms with E-state index in [9.17, 15) is 9.59 Å². The van der Waals surface area contributed by atoms with Crippen LogP contribution >= 0.6 is 0 Å². The first-order valence-electron chi connectivity index (χ1n) is 18.2. The van der Waals surface area contributed by atoms with Gasteiger partial charge in [-0.15, -0.1) is 0 Å². The molecule has 0 radical (unpaired) electrons. The van der Waals surface area contributed by atoms with Gasteiger partial charge in [-0.3, -0.25) is 25.3 Å². The molecule has 14 nitrogen and oxygen atoms in total. The number of carbonyl (C=O) groups excluding carboxylic acids is 2. The molecule has 0 bridgehead atoms. The van der Waals surface area contributed by atoms with Crippen LogP contribution in [0.25, 0.3) is 10.8 Å². The summed E-state index contributed by atoms with van der Waals surface area (Å²) >= 11 is 0. The topological polar surface area (TPSA) is 147 Å². The van der Waals surface area contributed by atoms with Crippen LogP contribution < -0.4 is 15.5 Å². The Morgan fingerprint density at radius 1 is 0.906 bits per heavy atom. The van der Waals surface area contributed by atoms with Gasteiger partial charge in [-0.05, 0) is 49.1 Å². The molecule has 3 aromatic rings. The molecule has 1 fully saturated rings. The number of carbonyl (C=O) groups is 2. The zero-order valence-corrected chi connectivity index (χ0v) is 31.3. The molecule has 2 atom stereocenters. The van der Waals surface area contributed by atoms with Crippen molar-refractivity contribution in [3.05, 3.63) is 65.2 Å².